The Labute approximate surface area is 315 Å². The van der Waals surface area contributed by atoms with Crippen molar-refractivity contribution in [2.45, 2.75) is 157 Å². The van der Waals surface area contributed by atoms with Gasteiger partial charge in [-0.1, -0.05) is 65.8 Å². The molecule has 11 heteroatoms. The van der Waals surface area contributed by atoms with E-state index in [0.29, 0.717) is 38.8 Å². The van der Waals surface area contributed by atoms with E-state index in [1.54, 1.807) is 20.8 Å². The SMILES string of the molecule is C.C.CCCCc1ccc(NC(=O)CCCCNS(=O)(=O)C(C)(C)C)cc1.CCCCc1ccc(NC(=O)CCCCNS(=O)C(C)(C)C)cc1. The van der Waals surface area contributed by atoms with E-state index in [2.05, 4.69) is 46.1 Å². The summed E-state index contributed by atoms with van der Waals surface area (Å²) in [6.45, 7) is 16.2. The average molecular weight is 753 g/mol. The molecule has 1 atom stereocenters. The third-order valence-corrected chi connectivity index (χ3v) is 11.4. The average Bonchev–Trinajstić information content (AvgIpc) is 3.03. The normalized spacial score (nSPS) is 12.0. The number of anilines is 2. The van der Waals surface area contributed by atoms with Crippen LogP contribution in [-0.4, -0.2) is 47.0 Å². The van der Waals surface area contributed by atoms with Crippen LogP contribution >= 0.6 is 0 Å². The monoisotopic (exact) mass is 752 g/mol. The fourth-order valence-electron chi connectivity index (χ4n) is 4.34. The van der Waals surface area contributed by atoms with Crippen molar-refractivity contribution < 1.29 is 22.2 Å². The second-order valence-corrected chi connectivity index (χ2v) is 19.0. The zero-order valence-electron chi connectivity index (χ0n) is 31.4. The Morgan fingerprint density at radius 3 is 1.37 bits per heavy atom. The van der Waals surface area contributed by atoms with Crippen LogP contribution in [0.2, 0.25) is 0 Å². The summed E-state index contributed by atoms with van der Waals surface area (Å²) in [5.74, 6) is -0.00626. The molecule has 0 spiro atoms. The van der Waals surface area contributed by atoms with Crippen LogP contribution < -0.4 is 20.1 Å². The molecular weight excluding hydrogens is 681 g/mol. The van der Waals surface area contributed by atoms with Gasteiger partial charge in [0, 0.05) is 37.3 Å². The van der Waals surface area contributed by atoms with Gasteiger partial charge in [-0.15, -0.1) is 0 Å². The molecule has 51 heavy (non-hydrogen) atoms. The van der Waals surface area contributed by atoms with Gasteiger partial charge in [0.05, 0.1) is 20.5 Å². The number of rotatable bonds is 20. The highest BCUT2D eigenvalue weighted by Crippen LogP contribution is 2.15. The summed E-state index contributed by atoms with van der Waals surface area (Å²) in [7, 11) is -4.35. The first-order chi connectivity index (χ1) is 23.0. The summed E-state index contributed by atoms with van der Waals surface area (Å²) < 4.78 is 40.1. The molecule has 2 aromatic rings. The Balaban J connectivity index is 0. The molecule has 9 nitrogen and oxygen atoms in total. The second kappa shape index (κ2) is 26.2. The molecule has 0 saturated carbocycles. The van der Waals surface area contributed by atoms with E-state index in [1.165, 1.54) is 36.8 Å². The predicted octanol–water partition coefficient (Wildman–Crippen LogP) is 9.32. The molecule has 0 radical (unpaired) electrons. The summed E-state index contributed by atoms with van der Waals surface area (Å²) in [6.07, 6.45) is 10.7. The van der Waals surface area contributed by atoms with Gasteiger partial charge in [-0.25, -0.2) is 22.1 Å². The maximum atomic E-state index is 11.9. The van der Waals surface area contributed by atoms with Crippen molar-refractivity contribution in [3.63, 3.8) is 0 Å². The number of sulfonamides is 1. The molecule has 2 aromatic carbocycles. The highest BCUT2D eigenvalue weighted by molar-refractivity contribution is 7.90. The molecule has 1 unspecified atom stereocenters. The van der Waals surface area contributed by atoms with E-state index in [1.807, 2.05) is 57.2 Å². The number of carbonyl (C=O) groups is 2. The van der Waals surface area contributed by atoms with Crippen LogP contribution in [0.25, 0.3) is 0 Å². The third-order valence-electron chi connectivity index (χ3n) is 7.66. The van der Waals surface area contributed by atoms with Gasteiger partial charge < -0.3 is 10.6 Å². The maximum absolute atomic E-state index is 11.9. The van der Waals surface area contributed by atoms with Crippen molar-refractivity contribution in [3.05, 3.63) is 59.7 Å². The van der Waals surface area contributed by atoms with Crippen LogP contribution in [0.4, 0.5) is 11.4 Å². The molecule has 0 aliphatic heterocycles. The highest BCUT2D eigenvalue weighted by atomic mass is 32.2. The molecule has 0 aromatic heterocycles. The van der Waals surface area contributed by atoms with E-state index in [4.69, 9.17) is 0 Å². The summed E-state index contributed by atoms with van der Waals surface area (Å²) in [5.41, 5.74) is 4.25. The molecular formula is C40H72N4O5S2. The Morgan fingerprint density at radius 2 is 1.02 bits per heavy atom. The molecule has 0 heterocycles. The van der Waals surface area contributed by atoms with Crippen molar-refractivity contribution in [3.8, 4) is 0 Å². The van der Waals surface area contributed by atoms with Gasteiger partial charge in [0.15, 0.2) is 0 Å². The minimum Gasteiger partial charge on any atom is -0.326 e. The van der Waals surface area contributed by atoms with Crippen molar-refractivity contribution in [1.82, 2.24) is 9.44 Å². The molecule has 0 fully saturated rings. The van der Waals surface area contributed by atoms with Gasteiger partial charge in [0.1, 0.15) is 0 Å². The molecule has 4 N–H and O–H groups in total. The Bertz CT molecular complexity index is 1370. The number of carbonyl (C=O) groups excluding carboxylic acids is 2. The van der Waals surface area contributed by atoms with Gasteiger partial charge in [0.25, 0.3) is 0 Å². The van der Waals surface area contributed by atoms with E-state index in [0.717, 1.165) is 37.1 Å². The van der Waals surface area contributed by atoms with E-state index in [9.17, 15) is 22.2 Å². The first kappa shape index (κ1) is 50.5. The van der Waals surface area contributed by atoms with Crippen LogP contribution in [0.3, 0.4) is 0 Å². The zero-order chi connectivity index (χ0) is 36.9. The summed E-state index contributed by atoms with van der Waals surface area (Å²) >= 11 is 0. The van der Waals surface area contributed by atoms with Gasteiger partial charge in [0.2, 0.25) is 21.8 Å². The maximum Gasteiger partial charge on any atom is 0.224 e. The van der Waals surface area contributed by atoms with Crippen molar-refractivity contribution >= 4 is 44.2 Å². The number of amides is 2. The first-order valence-corrected chi connectivity index (χ1v) is 20.5. The van der Waals surface area contributed by atoms with Gasteiger partial charge in [-0.2, -0.15) is 0 Å². The van der Waals surface area contributed by atoms with Crippen LogP contribution in [0.5, 0.6) is 0 Å². The standard InChI is InChI=1S/C19H32N2O3S.C19H32N2O2S.2CH4/c1-5-6-9-16-11-13-17(14-12-16)21-18(22)10-7-8-15-20-25(23,24)19(2,3)4;1-5-6-9-16-11-13-17(14-12-16)21-18(22)10-7-8-15-20-24(23)19(2,3)4;;/h11-14,20H,5-10,15H2,1-4H3,(H,21,22);11-14,20H,5-10,15H2,1-4H3,(H,21,22);2*1H4. The lowest BCUT2D eigenvalue weighted by atomic mass is 10.1. The van der Waals surface area contributed by atoms with Crippen LogP contribution in [0.1, 0.15) is 146 Å². The summed E-state index contributed by atoms with van der Waals surface area (Å²) in [6, 6.07) is 16.1. The van der Waals surface area contributed by atoms with E-state index in [-0.39, 0.29) is 31.4 Å². The fourth-order valence-corrected chi connectivity index (χ4v) is 5.95. The zero-order valence-corrected chi connectivity index (χ0v) is 33.0. The summed E-state index contributed by atoms with van der Waals surface area (Å²) in [4.78, 5) is 23.9. The van der Waals surface area contributed by atoms with E-state index < -0.39 is 25.8 Å². The minimum absolute atomic E-state index is 0. The molecule has 0 bridgehead atoms. The van der Waals surface area contributed by atoms with Gasteiger partial charge in [-0.05, 0) is 128 Å². The molecule has 0 saturated heterocycles. The first-order valence-electron chi connectivity index (χ1n) is 17.9. The summed E-state index contributed by atoms with van der Waals surface area (Å²) in [5, 5.41) is 5.81. The largest absolute Gasteiger partial charge is 0.326 e. The molecule has 2 amide bonds. The predicted molar refractivity (Wildman–Crippen MR) is 221 cm³/mol. The molecule has 0 aliphatic rings. The van der Waals surface area contributed by atoms with Crippen molar-refractivity contribution in [2.24, 2.45) is 0 Å². The Kier molecular flexibility index (Phi) is 26.0. The number of hydrogen-bond donors (Lipinski definition) is 4. The van der Waals surface area contributed by atoms with E-state index >= 15 is 0 Å². The second-order valence-electron chi connectivity index (χ2n) is 14.4. The van der Waals surface area contributed by atoms with Crippen LogP contribution in [-0.2, 0) is 43.4 Å². The number of hydrogen-bond acceptors (Lipinski definition) is 5. The number of nitrogens with one attached hydrogen (secondary N) is 4. The van der Waals surface area contributed by atoms with Crippen molar-refractivity contribution in [1.29, 1.82) is 0 Å². The minimum atomic E-state index is -3.31. The highest BCUT2D eigenvalue weighted by Gasteiger charge is 2.28. The molecule has 0 aliphatic carbocycles. The number of unbranched alkanes of at least 4 members (excludes halogenated alkanes) is 4. The van der Waals surface area contributed by atoms with Crippen LogP contribution in [0, 0.1) is 0 Å². The topological polar surface area (TPSA) is 133 Å². The fraction of sp³-hybridized carbons (Fsp3) is 0.650. The number of benzene rings is 2. The number of aryl methyl sites for hydroxylation is 2. The lowest BCUT2D eigenvalue weighted by Gasteiger charge is -2.19. The third kappa shape index (κ3) is 22.8. The lowest BCUT2D eigenvalue weighted by Crippen LogP contribution is -2.39. The lowest BCUT2D eigenvalue weighted by molar-refractivity contribution is -0.117. The quantitative estimate of drug-likeness (QED) is 0.100. The smallest absolute Gasteiger partial charge is 0.224 e. The Hall–Kier alpha value is -2.60. The molecule has 294 valence electrons. The van der Waals surface area contributed by atoms with Gasteiger partial charge in [-0.3, -0.25) is 9.59 Å². The van der Waals surface area contributed by atoms with Crippen molar-refractivity contribution in [2.75, 3.05) is 23.7 Å². The van der Waals surface area contributed by atoms with Crippen LogP contribution in [0.15, 0.2) is 48.5 Å². The van der Waals surface area contributed by atoms with Gasteiger partial charge >= 0.3 is 0 Å². The molecule has 2 rings (SSSR count). The Morgan fingerprint density at radius 1 is 0.627 bits per heavy atom.